The summed E-state index contributed by atoms with van der Waals surface area (Å²) >= 11 is 0. The predicted molar refractivity (Wildman–Crippen MR) is 123 cm³/mol. The van der Waals surface area contributed by atoms with Crippen molar-refractivity contribution in [3.63, 3.8) is 0 Å². The number of carbonyl (C=O) groups is 2. The lowest BCUT2D eigenvalue weighted by molar-refractivity contribution is -0.384. The topological polar surface area (TPSA) is 92.9 Å². The summed E-state index contributed by atoms with van der Waals surface area (Å²) in [4.78, 5) is 44.4. The van der Waals surface area contributed by atoms with Crippen molar-refractivity contribution in [2.24, 2.45) is 22.2 Å². The molecule has 2 aliphatic rings. The highest BCUT2D eigenvalue weighted by molar-refractivity contribution is 6.13. The van der Waals surface area contributed by atoms with Crippen LogP contribution in [0.3, 0.4) is 0 Å². The molecular formula is C25H27N3O4. The van der Waals surface area contributed by atoms with E-state index >= 15 is 0 Å². The van der Waals surface area contributed by atoms with Crippen LogP contribution in [-0.2, 0) is 9.59 Å². The average Bonchev–Trinajstić information content (AvgIpc) is 2.86. The Balaban J connectivity index is 1.97. The maximum Gasteiger partial charge on any atom is 0.269 e. The molecule has 7 heteroatoms. The summed E-state index contributed by atoms with van der Waals surface area (Å²) in [5.41, 5.74) is 2.51. The van der Waals surface area contributed by atoms with Gasteiger partial charge in [0.25, 0.3) is 5.69 Å². The first-order valence-electron chi connectivity index (χ1n) is 10.9. The second kappa shape index (κ2) is 7.97. The molecule has 7 nitrogen and oxygen atoms in total. The summed E-state index contributed by atoms with van der Waals surface area (Å²) in [5.74, 6) is -0.979. The van der Waals surface area contributed by atoms with Gasteiger partial charge in [-0.2, -0.15) is 0 Å². The van der Waals surface area contributed by atoms with E-state index in [0.717, 1.165) is 5.71 Å². The monoisotopic (exact) mass is 433 g/mol. The van der Waals surface area contributed by atoms with Crippen molar-refractivity contribution in [2.75, 3.05) is 4.90 Å². The number of nitro benzene ring substituents is 1. The van der Waals surface area contributed by atoms with Crippen LogP contribution in [0.15, 0.2) is 53.5 Å². The van der Waals surface area contributed by atoms with E-state index in [1.807, 2.05) is 38.1 Å². The van der Waals surface area contributed by atoms with Crippen molar-refractivity contribution in [3.05, 3.63) is 64.2 Å². The molecule has 0 bridgehead atoms. The molecule has 2 aromatic carbocycles. The van der Waals surface area contributed by atoms with Crippen LogP contribution in [0.1, 0.15) is 52.1 Å². The minimum atomic E-state index is -0.614. The molecule has 1 saturated carbocycles. The number of hydrogen-bond acceptors (Lipinski definition) is 5. The summed E-state index contributed by atoms with van der Waals surface area (Å²) in [6.07, 6.45) is 1.03. The summed E-state index contributed by atoms with van der Waals surface area (Å²) in [7, 11) is 0. The Kier molecular flexibility index (Phi) is 5.44. The minimum Gasteiger partial charge on any atom is -0.301 e. The zero-order valence-electron chi connectivity index (χ0n) is 18.7. The zero-order chi connectivity index (χ0) is 23.2. The number of ketones is 1. The van der Waals surface area contributed by atoms with Crippen LogP contribution in [-0.4, -0.2) is 22.3 Å². The normalized spacial score (nSPS) is 22.0. The number of nitrogens with zero attached hydrogens (tertiary/aromatic N) is 3. The molecule has 0 radical (unpaired) electrons. The van der Waals surface area contributed by atoms with E-state index in [1.165, 1.54) is 12.1 Å². The number of carbonyl (C=O) groups excluding carboxylic acids is 2. The number of anilines is 1. The Bertz CT molecular complexity index is 1120. The molecule has 2 aromatic rings. The van der Waals surface area contributed by atoms with Gasteiger partial charge in [-0.1, -0.05) is 52.0 Å². The van der Waals surface area contributed by atoms with Crippen LogP contribution in [0.5, 0.6) is 0 Å². The summed E-state index contributed by atoms with van der Waals surface area (Å²) in [6.45, 7) is 7.77. The number of hydrogen-bond donors (Lipinski definition) is 0. The molecule has 1 aliphatic heterocycles. The standard InChI is InChI=1S/C25H27N3O4/c1-15(2)24(30)27-20-8-6-5-7-18(20)26-19-13-25(3,4)14-21(29)22(19)23(27)16-9-11-17(12-10-16)28(31)32/h5-12,15,22-23H,13-14H2,1-4H3/t22?,23-/m1/s1. The molecule has 1 amide bonds. The summed E-state index contributed by atoms with van der Waals surface area (Å²) in [5, 5.41) is 11.2. The first-order chi connectivity index (χ1) is 15.1. The number of Topliss-reactive ketones (excluding diaryl/α,β-unsaturated/α-hetero) is 1. The first kappa shape index (κ1) is 21.9. The molecule has 1 unspecified atom stereocenters. The highest BCUT2D eigenvalue weighted by atomic mass is 16.6. The fourth-order valence-electron chi connectivity index (χ4n) is 4.78. The Morgan fingerprint density at radius 3 is 2.41 bits per heavy atom. The molecule has 4 rings (SSSR count). The van der Waals surface area contributed by atoms with Crippen LogP contribution in [0.4, 0.5) is 17.1 Å². The Labute approximate surface area is 187 Å². The van der Waals surface area contributed by atoms with Crippen molar-refractivity contribution in [3.8, 4) is 0 Å². The third-order valence-corrected chi connectivity index (χ3v) is 6.19. The van der Waals surface area contributed by atoms with E-state index in [9.17, 15) is 19.7 Å². The molecule has 166 valence electrons. The van der Waals surface area contributed by atoms with Crippen LogP contribution < -0.4 is 4.90 Å². The van der Waals surface area contributed by atoms with E-state index in [2.05, 4.69) is 13.8 Å². The van der Waals surface area contributed by atoms with Gasteiger partial charge in [0, 0.05) is 30.2 Å². The fraction of sp³-hybridized carbons (Fsp3) is 0.400. The van der Waals surface area contributed by atoms with Crippen molar-refractivity contribution < 1.29 is 14.5 Å². The fourth-order valence-corrected chi connectivity index (χ4v) is 4.78. The quantitative estimate of drug-likeness (QED) is 0.477. The van der Waals surface area contributed by atoms with Gasteiger partial charge in [0.1, 0.15) is 5.78 Å². The Hall–Kier alpha value is -3.35. The van der Waals surface area contributed by atoms with Crippen molar-refractivity contribution in [1.29, 1.82) is 0 Å². The minimum absolute atomic E-state index is 0.0329. The van der Waals surface area contributed by atoms with Gasteiger partial charge in [0.2, 0.25) is 5.91 Å². The van der Waals surface area contributed by atoms with Gasteiger partial charge in [0.15, 0.2) is 0 Å². The van der Waals surface area contributed by atoms with Gasteiger partial charge >= 0.3 is 0 Å². The molecular weight excluding hydrogens is 406 g/mol. The molecule has 0 aromatic heterocycles. The Morgan fingerprint density at radius 1 is 1.12 bits per heavy atom. The largest absolute Gasteiger partial charge is 0.301 e. The van der Waals surface area contributed by atoms with Crippen molar-refractivity contribution in [2.45, 2.75) is 46.6 Å². The smallest absolute Gasteiger partial charge is 0.269 e. The van der Waals surface area contributed by atoms with Crippen molar-refractivity contribution in [1.82, 2.24) is 0 Å². The number of non-ortho nitro benzene ring substituents is 1. The van der Waals surface area contributed by atoms with Gasteiger partial charge in [-0.15, -0.1) is 0 Å². The van der Waals surface area contributed by atoms with E-state index in [-0.39, 0.29) is 28.7 Å². The summed E-state index contributed by atoms with van der Waals surface area (Å²) in [6, 6.07) is 13.0. The third-order valence-electron chi connectivity index (χ3n) is 6.19. The lowest BCUT2D eigenvalue weighted by Crippen LogP contribution is -2.48. The second-order valence-corrected chi connectivity index (χ2v) is 9.71. The van der Waals surface area contributed by atoms with Crippen LogP contribution in [0, 0.1) is 27.4 Å². The van der Waals surface area contributed by atoms with Gasteiger partial charge in [-0.3, -0.25) is 24.7 Å². The predicted octanol–water partition coefficient (Wildman–Crippen LogP) is 5.42. The summed E-state index contributed by atoms with van der Waals surface area (Å²) < 4.78 is 0. The number of fused-ring (bicyclic) bond motifs is 2. The third kappa shape index (κ3) is 3.83. The van der Waals surface area contributed by atoms with E-state index in [1.54, 1.807) is 17.0 Å². The number of para-hydroxylation sites is 2. The van der Waals surface area contributed by atoms with Gasteiger partial charge in [0.05, 0.1) is 28.3 Å². The maximum absolute atomic E-state index is 13.5. The lowest BCUT2D eigenvalue weighted by atomic mass is 9.68. The van der Waals surface area contributed by atoms with Crippen LogP contribution >= 0.6 is 0 Å². The first-order valence-corrected chi connectivity index (χ1v) is 10.9. The van der Waals surface area contributed by atoms with E-state index in [4.69, 9.17) is 4.99 Å². The number of nitro groups is 1. The SMILES string of the molecule is CC(C)C(=O)N1c2ccccc2N=C2CC(C)(C)CC(=O)C2[C@H]1c1ccc([N+](=O)[O-])cc1. The number of amides is 1. The van der Waals surface area contributed by atoms with E-state index < -0.39 is 16.9 Å². The van der Waals surface area contributed by atoms with Crippen LogP contribution in [0.25, 0.3) is 0 Å². The molecule has 2 atom stereocenters. The zero-order valence-corrected chi connectivity index (χ0v) is 18.7. The van der Waals surface area contributed by atoms with Crippen LogP contribution in [0.2, 0.25) is 0 Å². The molecule has 32 heavy (non-hydrogen) atoms. The van der Waals surface area contributed by atoms with Crippen molar-refractivity contribution >= 4 is 34.5 Å². The Morgan fingerprint density at radius 2 is 1.78 bits per heavy atom. The van der Waals surface area contributed by atoms with E-state index in [0.29, 0.717) is 29.8 Å². The van der Waals surface area contributed by atoms with Gasteiger partial charge < -0.3 is 4.90 Å². The average molecular weight is 434 g/mol. The molecule has 1 heterocycles. The second-order valence-electron chi connectivity index (χ2n) is 9.71. The highest BCUT2D eigenvalue weighted by Crippen LogP contribution is 2.48. The molecule has 1 aliphatic carbocycles. The molecule has 0 spiro atoms. The molecule has 1 fully saturated rings. The highest BCUT2D eigenvalue weighted by Gasteiger charge is 2.48. The van der Waals surface area contributed by atoms with Gasteiger partial charge in [-0.25, -0.2) is 0 Å². The maximum atomic E-state index is 13.5. The lowest BCUT2D eigenvalue weighted by Gasteiger charge is -2.41. The molecule has 0 N–H and O–H groups in total. The van der Waals surface area contributed by atoms with Gasteiger partial charge in [-0.05, 0) is 29.5 Å². The molecule has 0 saturated heterocycles. The number of benzene rings is 2. The number of aliphatic imine (C=N–C) groups is 1. The number of rotatable bonds is 3.